The molecule has 0 atom stereocenters. The topological polar surface area (TPSA) is 106 Å². The van der Waals surface area contributed by atoms with Crippen molar-refractivity contribution >= 4 is 18.0 Å². The molecule has 1 rings (SSSR count). The molecule has 0 radical (unpaired) electrons. The Kier molecular flexibility index (Phi) is 2.78. The first-order valence-electron chi connectivity index (χ1n) is 2.27. The van der Waals surface area contributed by atoms with Crippen LogP contribution in [0.15, 0.2) is 10.9 Å². The Balaban J connectivity index is 0.000000810. The lowest BCUT2D eigenvalue weighted by atomic mass is 10.8. The van der Waals surface area contributed by atoms with Crippen LogP contribution in [0, 0.1) is 4.77 Å². The Bertz CT molecular complexity index is 287. The van der Waals surface area contributed by atoms with Gasteiger partial charge in [-0.1, -0.05) is 0 Å². The van der Waals surface area contributed by atoms with Gasteiger partial charge in [-0.3, -0.25) is 9.78 Å². The van der Waals surface area contributed by atoms with E-state index in [1.54, 1.807) is 0 Å². The number of aromatic nitrogens is 2. The van der Waals surface area contributed by atoms with Crippen molar-refractivity contribution in [3.05, 3.63) is 21.2 Å². The monoisotopic (exact) mass is 162 g/mol. The molecule has 1 aromatic heterocycles. The Morgan fingerprint density at radius 2 is 2.10 bits per heavy atom. The predicted molar refractivity (Wildman–Crippen MR) is 40.3 cm³/mol. The molecule has 0 aliphatic rings. The van der Waals surface area contributed by atoms with Gasteiger partial charge in [0.2, 0.25) is 0 Å². The highest BCUT2D eigenvalue weighted by molar-refractivity contribution is 7.71. The number of rotatable bonds is 0. The van der Waals surface area contributed by atoms with Crippen molar-refractivity contribution in [3.8, 4) is 0 Å². The smallest absolute Gasteiger partial charge is 0.253 e. The van der Waals surface area contributed by atoms with E-state index in [4.69, 9.17) is 5.73 Å². The van der Waals surface area contributed by atoms with Crippen molar-refractivity contribution in [2.24, 2.45) is 0 Å². The maximum Gasteiger partial charge on any atom is 0.253 e. The van der Waals surface area contributed by atoms with Gasteiger partial charge in [0, 0.05) is 6.07 Å². The van der Waals surface area contributed by atoms with E-state index < -0.39 is 0 Å². The summed E-state index contributed by atoms with van der Waals surface area (Å²) in [6.07, 6.45) is 0. The van der Waals surface area contributed by atoms with Crippen LogP contribution in [-0.4, -0.2) is 15.4 Å². The molecule has 6 heteroatoms. The van der Waals surface area contributed by atoms with Gasteiger partial charge in [0.25, 0.3) is 5.56 Å². The summed E-state index contributed by atoms with van der Waals surface area (Å²) in [7, 11) is 0. The Morgan fingerprint density at radius 3 is 2.50 bits per heavy atom. The molecule has 56 valence electrons. The highest BCUT2D eigenvalue weighted by atomic mass is 32.1. The normalized spacial score (nSPS) is 8.40. The van der Waals surface area contributed by atoms with Gasteiger partial charge in [-0.25, -0.2) is 0 Å². The highest BCUT2D eigenvalue weighted by Gasteiger charge is 1.84. The largest absolute Gasteiger partial charge is 0.412 e. The van der Waals surface area contributed by atoms with Crippen LogP contribution in [0.1, 0.15) is 0 Å². The quantitative estimate of drug-likeness (QED) is 0.434. The third-order valence-electron chi connectivity index (χ3n) is 0.781. The van der Waals surface area contributed by atoms with E-state index in [1.807, 2.05) is 0 Å². The number of nitrogen functional groups attached to an aromatic ring is 1. The summed E-state index contributed by atoms with van der Waals surface area (Å²) >= 11 is 4.60. The molecule has 0 aliphatic carbocycles. The molecule has 0 aromatic carbocycles. The predicted octanol–water partition coefficient (Wildman–Crippen LogP) is -0.810. The Hall–Kier alpha value is -1.14. The van der Waals surface area contributed by atoms with Crippen molar-refractivity contribution < 1.29 is 5.48 Å². The number of nitrogens with one attached hydrogen (secondary N) is 2. The molecular weight excluding hydrogens is 155 g/mol. The molecule has 0 bridgehead atoms. The van der Waals surface area contributed by atoms with Crippen LogP contribution in [0.25, 0.3) is 0 Å². The third-order valence-corrected chi connectivity index (χ3v) is 0.985. The van der Waals surface area contributed by atoms with Gasteiger partial charge in [0.15, 0.2) is 4.77 Å². The second-order valence-electron chi connectivity index (χ2n) is 1.54. The number of hydrogen-bond acceptors (Lipinski definition) is 3. The summed E-state index contributed by atoms with van der Waals surface area (Å²) in [4.78, 5) is 15.4. The molecule has 1 aromatic rings. The molecule has 6 N–H and O–H groups in total. The number of aromatic amines is 2. The van der Waals surface area contributed by atoms with Crippen molar-refractivity contribution in [3.63, 3.8) is 0 Å². The zero-order chi connectivity index (χ0) is 6.85. The number of hydrogen-bond donors (Lipinski definition) is 3. The molecule has 0 fully saturated rings. The molecule has 10 heavy (non-hydrogen) atoms. The summed E-state index contributed by atoms with van der Waals surface area (Å²) in [6, 6.07) is 1.23. The van der Waals surface area contributed by atoms with E-state index >= 15 is 0 Å². The lowest BCUT2D eigenvalue weighted by Crippen LogP contribution is -2.07. The summed E-state index contributed by atoms with van der Waals surface area (Å²) in [5.74, 6) is 0.281. The van der Waals surface area contributed by atoms with E-state index in [2.05, 4.69) is 22.2 Å². The second-order valence-corrected chi connectivity index (χ2v) is 1.95. The van der Waals surface area contributed by atoms with Crippen LogP contribution in [0.4, 0.5) is 5.82 Å². The van der Waals surface area contributed by atoms with E-state index in [1.165, 1.54) is 6.07 Å². The van der Waals surface area contributed by atoms with E-state index in [0.717, 1.165) is 0 Å². The fourth-order valence-electron chi connectivity index (χ4n) is 0.488. The van der Waals surface area contributed by atoms with Crippen LogP contribution in [-0.2, 0) is 0 Å². The van der Waals surface area contributed by atoms with Crippen LogP contribution in [0.2, 0.25) is 0 Å². The lowest BCUT2D eigenvalue weighted by molar-refractivity contribution is 0.824. The van der Waals surface area contributed by atoms with Crippen molar-refractivity contribution in [2.45, 2.75) is 0 Å². The summed E-state index contributed by atoms with van der Waals surface area (Å²) in [5, 5.41) is 0. The second kappa shape index (κ2) is 3.14. The average molecular weight is 162 g/mol. The molecule has 0 unspecified atom stereocenters. The average Bonchev–Trinajstić information content (AvgIpc) is 1.59. The minimum absolute atomic E-state index is 0. The first-order valence-corrected chi connectivity index (χ1v) is 2.68. The van der Waals surface area contributed by atoms with Crippen LogP contribution in [0.3, 0.4) is 0 Å². The van der Waals surface area contributed by atoms with Crippen LogP contribution in [0.5, 0.6) is 0 Å². The molecule has 0 saturated carbocycles. The highest BCUT2D eigenvalue weighted by Crippen LogP contribution is 1.84. The summed E-state index contributed by atoms with van der Waals surface area (Å²) in [5.41, 5.74) is 4.94. The van der Waals surface area contributed by atoms with Crippen LogP contribution >= 0.6 is 12.2 Å². The van der Waals surface area contributed by atoms with Crippen molar-refractivity contribution in [1.82, 2.24) is 9.97 Å². The minimum atomic E-state index is -0.281. The van der Waals surface area contributed by atoms with Gasteiger partial charge in [-0.05, 0) is 12.2 Å². The molecule has 0 spiro atoms. The van der Waals surface area contributed by atoms with Gasteiger partial charge >= 0.3 is 0 Å². The first-order chi connectivity index (χ1) is 4.18. The van der Waals surface area contributed by atoms with Crippen LogP contribution < -0.4 is 11.3 Å². The van der Waals surface area contributed by atoms with Gasteiger partial charge in [0.05, 0.1) is 0 Å². The zero-order valence-corrected chi connectivity index (χ0v) is 5.79. The fourth-order valence-corrected chi connectivity index (χ4v) is 0.706. The van der Waals surface area contributed by atoms with Gasteiger partial charge in [-0.2, -0.15) is 0 Å². The van der Waals surface area contributed by atoms with Crippen molar-refractivity contribution in [1.29, 1.82) is 0 Å². The number of nitrogens with two attached hydrogens (primary N) is 1. The zero-order valence-electron chi connectivity index (χ0n) is 4.97. The minimum Gasteiger partial charge on any atom is -0.412 e. The Labute approximate surface area is 61.2 Å². The first kappa shape index (κ1) is 8.86. The SMILES string of the molecule is N[13c]1cc(=O)[nH]c(=S)[nH]1.O. The van der Waals surface area contributed by atoms with Crippen molar-refractivity contribution in [2.75, 3.05) is 5.73 Å². The fraction of sp³-hybridized carbons (Fsp3) is 0. The summed E-state index contributed by atoms with van der Waals surface area (Å²) < 4.78 is 0.250. The summed E-state index contributed by atoms with van der Waals surface area (Å²) in [6.45, 7) is 0. The molecule has 5 nitrogen and oxygen atoms in total. The van der Waals surface area contributed by atoms with E-state index in [9.17, 15) is 4.79 Å². The molecule has 0 aliphatic heterocycles. The molecular formula is C4H7N3O2S. The standard InChI is InChI=1S/C4H5N3OS.H2O/c5-2-1-3(8)7-4(9)6-2;/h1H,(H4,5,6,7,8,9);1H2/i2+1;. The van der Waals surface area contributed by atoms with Gasteiger partial charge in [0.1, 0.15) is 5.82 Å². The molecule has 1 heterocycles. The van der Waals surface area contributed by atoms with E-state index in [-0.39, 0.29) is 21.6 Å². The molecule has 0 amide bonds. The third kappa shape index (κ3) is 2.00. The maximum absolute atomic E-state index is 10.5. The maximum atomic E-state index is 10.5. The molecule has 0 saturated heterocycles. The lowest BCUT2D eigenvalue weighted by Gasteiger charge is -1.87. The number of H-pyrrole nitrogens is 2. The van der Waals surface area contributed by atoms with E-state index in [0.29, 0.717) is 0 Å². The van der Waals surface area contributed by atoms with Gasteiger partial charge < -0.3 is 16.2 Å². The number of anilines is 1. The Morgan fingerprint density at radius 1 is 1.50 bits per heavy atom. The van der Waals surface area contributed by atoms with Gasteiger partial charge in [-0.15, -0.1) is 0 Å².